The molecule has 0 spiro atoms. The molecule has 0 bridgehead atoms. The molecule has 0 unspecified atom stereocenters. The topological polar surface area (TPSA) is 78.4 Å². The van der Waals surface area contributed by atoms with Gasteiger partial charge in [-0.2, -0.15) is 0 Å². The number of hydrogen-bond acceptors (Lipinski definition) is 6. The number of thioether (sulfide) groups is 1. The Morgan fingerprint density at radius 1 is 1.03 bits per heavy atom. The van der Waals surface area contributed by atoms with Crippen molar-refractivity contribution in [2.75, 3.05) is 42.1 Å². The van der Waals surface area contributed by atoms with Gasteiger partial charge in [-0.05, 0) is 68.4 Å². The van der Waals surface area contributed by atoms with E-state index < -0.39 is 0 Å². The molecule has 0 radical (unpaired) electrons. The fourth-order valence-electron chi connectivity index (χ4n) is 4.49. The minimum absolute atomic E-state index is 0.0559. The van der Waals surface area contributed by atoms with Crippen molar-refractivity contribution in [3.63, 3.8) is 0 Å². The monoisotopic (exact) mass is 467 g/mol. The van der Waals surface area contributed by atoms with Crippen LogP contribution in [0.1, 0.15) is 44.6 Å². The van der Waals surface area contributed by atoms with Crippen LogP contribution in [0.4, 0.5) is 11.5 Å². The van der Waals surface area contributed by atoms with Crippen molar-refractivity contribution in [1.29, 1.82) is 0 Å². The second-order valence-corrected chi connectivity index (χ2v) is 9.76. The van der Waals surface area contributed by atoms with Crippen molar-refractivity contribution in [3.05, 3.63) is 42.0 Å². The lowest BCUT2D eigenvalue weighted by Gasteiger charge is -2.35. The third-order valence-corrected chi connectivity index (χ3v) is 7.35. The maximum Gasteiger partial charge on any atom is 0.234 e. The standard InChI is InChI=1S/C25H33N5O2S/c1-2-19-7-6-8-21(17-19)26-23(31)18-33-24-10-9-22(27-28-24)29-15-11-20(12-16-29)25(32)30-13-4-3-5-14-30/h6-10,17,20H,2-5,11-16,18H2,1H3,(H,26,31). The smallest absolute Gasteiger partial charge is 0.234 e. The maximum atomic E-state index is 12.8. The van der Waals surface area contributed by atoms with Crippen LogP contribution in [0.3, 0.4) is 0 Å². The molecule has 2 aliphatic rings. The van der Waals surface area contributed by atoms with Gasteiger partial charge in [-0.3, -0.25) is 9.59 Å². The Bertz CT molecular complexity index is 938. The molecule has 3 heterocycles. The summed E-state index contributed by atoms with van der Waals surface area (Å²) in [5.74, 6) is 1.54. The van der Waals surface area contributed by atoms with Gasteiger partial charge >= 0.3 is 0 Å². The molecule has 2 fully saturated rings. The molecule has 2 aliphatic heterocycles. The van der Waals surface area contributed by atoms with Crippen LogP contribution < -0.4 is 10.2 Å². The molecule has 0 saturated carbocycles. The number of carbonyl (C=O) groups is 2. The van der Waals surface area contributed by atoms with E-state index in [9.17, 15) is 9.59 Å². The highest BCUT2D eigenvalue weighted by molar-refractivity contribution is 7.99. The molecule has 0 aliphatic carbocycles. The number of aromatic nitrogens is 2. The van der Waals surface area contributed by atoms with Crippen molar-refractivity contribution in [3.8, 4) is 0 Å². The molecule has 0 atom stereocenters. The van der Waals surface area contributed by atoms with Crippen molar-refractivity contribution < 1.29 is 9.59 Å². The Balaban J connectivity index is 1.22. The summed E-state index contributed by atoms with van der Waals surface area (Å²) in [4.78, 5) is 29.3. The molecule has 8 heteroatoms. The van der Waals surface area contributed by atoms with Gasteiger partial charge < -0.3 is 15.1 Å². The summed E-state index contributed by atoms with van der Waals surface area (Å²) in [5.41, 5.74) is 2.02. The van der Waals surface area contributed by atoms with Gasteiger partial charge in [0.25, 0.3) is 0 Å². The summed E-state index contributed by atoms with van der Waals surface area (Å²) in [6, 6.07) is 11.8. The van der Waals surface area contributed by atoms with Gasteiger partial charge in [0.2, 0.25) is 11.8 Å². The number of aryl methyl sites for hydroxylation is 1. The number of piperidine rings is 2. The van der Waals surface area contributed by atoms with Crippen LogP contribution >= 0.6 is 11.8 Å². The van der Waals surface area contributed by atoms with Gasteiger partial charge in [0.1, 0.15) is 5.03 Å². The second kappa shape index (κ2) is 11.5. The predicted molar refractivity (Wildman–Crippen MR) is 133 cm³/mol. The molecule has 1 aromatic carbocycles. The molecule has 4 rings (SSSR count). The molecule has 2 amide bonds. The van der Waals surface area contributed by atoms with Crippen molar-refractivity contribution >= 4 is 35.1 Å². The van der Waals surface area contributed by atoms with Gasteiger partial charge in [0, 0.05) is 37.8 Å². The minimum Gasteiger partial charge on any atom is -0.355 e. The van der Waals surface area contributed by atoms with Gasteiger partial charge in [-0.25, -0.2) is 0 Å². The molecule has 1 N–H and O–H groups in total. The van der Waals surface area contributed by atoms with E-state index in [1.165, 1.54) is 23.7 Å². The number of carbonyl (C=O) groups excluding carboxylic acids is 2. The van der Waals surface area contributed by atoms with E-state index in [4.69, 9.17) is 0 Å². The normalized spacial score (nSPS) is 17.1. The number of anilines is 2. The van der Waals surface area contributed by atoms with Crippen LogP contribution in [0.5, 0.6) is 0 Å². The number of rotatable bonds is 7. The summed E-state index contributed by atoms with van der Waals surface area (Å²) in [6.45, 7) is 5.59. The van der Waals surface area contributed by atoms with Crippen LogP contribution in [0.2, 0.25) is 0 Å². The molecule has 7 nitrogen and oxygen atoms in total. The third kappa shape index (κ3) is 6.47. The van der Waals surface area contributed by atoms with E-state index in [2.05, 4.69) is 38.3 Å². The largest absolute Gasteiger partial charge is 0.355 e. The molecule has 2 saturated heterocycles. The minimum atomic E-state index is -0.0559. The number of likely N-dealkylation sites (tertiary alicyclic amines) is 1. The Morgan fingerprint density at radius 2 is 1.82 bits per heavy atom. The van der Waals surface area contributed by atoms with Crippen molar-refractivity contribution in [1.82, 2.24) is 15.1 Å². The van der Waals surface area contributed by atoms with E-state index in [0.717, 1.165) is 74.8 Å². The molecule has 2 aromatic rings. The molecule has 33 heavy (non-hydrogen) atoms. The van der Waals surface area contributed by atoms with Crippen LogP contribution in [-0.2, 0) is 16.0 Å². The Kier molecular flexibility index (Phi) is 8.20. The fourth-order valence-corrected chi connectivity index (χ4v) is 5.11. The van der Waals surface area contributed by atoms with Crippen molar-refractivity contribution in [2.45, 2.75) is 50.5 Å². The van der Waals surface area contributed by atoms with Crippen molar-refractivity contribution in [2.24, 2.45) is 5.92 Å². The summed E-state index contributed by atoms with van der Waals surface area (Å²) >= 11 is 1.38. The molecular formula is C25H33N5O2S. The second-order valence-electron chi connectivity index (χ2n) is 8.77. The first-order valence-corrected chi connectivity index (χ1v) is 13.0. The highest BCUT2D eigenvalue weighted by atomic mass is 32.2. The van der Waals surface area contributed by atoms with Crippen LogP contribution in [-0.4, -0.2) is 58.8 Å². The Labute approximate surface area is 200 Å². The van der Waals surface area contributed by atoms with Gasteiger partial charge in [-0.15, -0.1) is 10.2 Å². The average molecular weight is 468 g/mol. The van der Waals surface area contributed by atoms with Crippen LogP contribution in [0, 0.1) is 5.92 Å². The Hall–Kier alpha value is -2.61. The lowest BCUT2D eigenvalue weighted by Crippen LogP contribution is -2.44. The Morgan fingerprint density at radius 3 is 2.52 bits per heavy atom. The number of nitrogens with zero attached hydrogens (tertiary/aromatic N) is 4. The zero-order valence-electron chi connectivity index (χ0n) is 19.3. The van der Waals surface area contributed by atoms with E-state index in [-0.39, 0.29) is 17.6 Å². The van der Waals surface area contributed by atoms with Gasteiger partial charge in [0.15, 0.2) is 5.82 Å². The lowest BCUT2D eigenvalue weighted by atomic mass is 9.94. The zero-order chi connectivity index (χ0) is 23.0. The highest BCUT2D eigenvalue weighted by Gasteiger charge is 2.29. The quantitative estimate of drug-likeness (QED) is 0.620. The SMILES string of the molecule is CCc1cccc(NC(=O)CSc2ccc(N3CCC(C(=O)N4CCCCC4)CC3)nn2)c1. The van der Waals surface area contributed by atoms with Gasteiger partial charge in [-0.1, -0.05) is 30.8 Å². The van der Waals surface area contributed by atoms with E-state index in [1.54, 1.807) is 0 Å². The first-order valence-electron chi connectivity index (χ1n) is 12.0. The first kappa shape index (κ1) is 23.5. The first-order chi connectivity index (χ1) is 16.1. The molecular weight excluding hydrogens is 434 g/mol. The fraction of sp³-hybridized carbons (Fsp3) is 0.520. The van der Waals surface area contributed by atoms with E-state index in [1.807, 2.05) is 30.3 Å². The maximum absolute atomic E-state index is 12.8. The average Bonchev–Trinajstić information content (AvgIpc) is 2.88. The van der Waals surface area contributed by atoms with E-state index >= 15 is 0 Å². The summed E-state index contributed by atoms with van der Waals surface area (Å²) in [7, 11) is 0. The van der Waals surface area contributed by atoms with Crippen LogP contribution in [0.25, 0.3) is 0 Å². The highest BCUT2D eigenvalue weighted by Crippen LogP contribution is 2.25. The zero-order valence-corrected chi connectivity index (χ0v) is 20.1. The van der Waals surface area contributed by atoms with Gasteiger partial charge in [0.05, 0.1) is 5.75 Å². The van der Waals surface area contributed by atoms with E-state index in [0.29, 0.717) is 5.91 Å². The molecule has 176 valence electrons. The third-order valence-electron chi connectivity index (χ3n) is 6.43. The lowest BCUT2D eigenvalue weighted by molar-refractivity contribution is -0.137. The molecule has 1 aromatic heterocycles. The number of nitrogens with one attached hydrogen (secondary N) is 1. The van der Waals surface area contributed by atoms with Crippen LogP contribution in [0.15, 0.2) is 41.4 Å². The number of benzene rings is 1. The predicted octanol–water partition coefficient (Wildman–Crippen LogP) is 4.00. The number of hydrogen-bond donors (Lipinski definition) is 1. The summed E-state index contributed by atoms with van der Waals surface area (Å²) in [6.07, 6.45) is 6.19. The summed E-state index contributed by atoms with van der Waals surface area (Å²) < 4.78 is 0. The summed E-state index contributed by atoms with van der Waals surface area (Å²) in [5, 5.41) is 12.3. The number of amides is 2.